The van der Waals surface area contributed by atoms with Crippen molar-refractivity contribution in [3.05, 3.63) is 35.9 Å². The summed E-state index contributed by atoms with van der Waals surface area (Å²) in [5, 5.41) is 0. The molecule has 1 aromatic rings. The van der Waals surface area contributed by atoms with E-state index in [1.165, 1.54) is 0 Å². The molecule has 1 atom stereocenters. The second kappa shape index (κ2) is 7.53. The maximum Gasteiger partial charge on any atom is 0.240 e. The molecule has 2 amide bonds. The van der Waals surface area contributed by atoms with Crippen LogP contribution in [-0.2, 0) is 16.1 Å². The molecule has 0 aliphatic carbocycles. The van der Waals surface area contributed by atoms with Gasteiger partial charge in [-0.2, -0.15) is 0 Å². The summed E-state index contributed by atoms with van der Waals surface area (Å²) in [6.07, 6.45) is 0.718. The van der Waals surface area contributed by atoms with Crippen molar-refractivity contribution in [1.82, 2.24) is 4.90 Å². The van der Waals surface area contributed by atoms with E-state index in [1.54, 1.807) is 4.90 Å². The average Bonchev–Trinajstić information content (AvgIpc) is 2.38. The minimum atomic E-state index is -0.854. The Morgan fingerprint density at radius 3 is 2.42 bits per heavy atom. The highest BCUT2D eigenvalue weighted by molar-refractivity contribution is 5.87. The Bertz CT molecular complexity index is 420. The van der Waals surface area contributed by atoms with Crippen LogP contribution >= 0.6 is 0 Å². The first-order valence-corrected chi connectivity index (χ1v) is 6.41. The van der Waals surface area contributed by atoms with E-state index in [0.29, 0.717) is 13.1 Å². The van der Waals surface area contributed by atoms with E-state index in [2.05, 4.69) is 0 Å². The first-order chi connectivity index (χ1) is 9.04. The molecular weight excluding hydrogens is 242 g/mol. The first kappa shape index (κ1) is 15.2. The van der Waals surface area contributed by atoms with Crippen LogP contribution < -0.4 is 11.5 Å². The fourth-order valence-electron chi connectivity index (χ4n) is 1.88. The van der Waals surface area contributed by atoms with Crippen LogP contribution in [0.3, 0.4) is 0 Å². The number of carbonyl (C=O) groups is 2. The zero-order valence-electron chi connectivity index (χ0n) is 11.2. The van der Waals surface area contributed by atoms with Gasteiger partial charge in [0, 0.05) is 13.1 Å². The van der Waals surface area contributed by atoms with Crippen LogP contribution in [0.4, 0.5) is 0 Å². The fraction of sp³-hybridized carbons (Fsp3) is 0.429. The Morgan fingerprint density at radius 2 is 1.89 bits per heavy atom. The van der Waals surface area contributed by atoms with Gasteiger partial charge in [-0.15, -0.1) is 0 Å². The van der Waals surface area contributed by atoms with Gasteiger partial charge in [0.05, 0.1) is 12.5 Å². The van der Waals surface area contributed by atoms with Gasteiger partial charge < -0.3 is 16.4 Å². The van der Waals surface area contributed by atoms with E-state index in [1.807, 2.05) is 37.3 Å². The summed E-state index contributed by atoms with van der Waals surface area (Å²) in [5.74, 6) is -0.790. The molecule has 104 valence electrons. The minimum absolute atomic E-state index is 0.117. The normalized spacial score (nSPS) is 11.9. The molecule has 0 heterocycles. The third-order valence-corrected chi connectivity index (χ3v) is 2.76. The molecule has 0 bridgehead atoms. The van der Waals surface area contributed by atoms with Crippen LogP contribution in [0.2, 0.25) is 0 Å². The predicted octanol–water partition coefficient (Wildman–Crippen LogP) is 0.628. The Hall–Kier alpha value is -1.88. The molecule has 0 spiro atoms. The van der Waals surface area contributed by atoms with E-state index in [0.717, 1.165) is 12.0 Å². The van der Waals surface area contributed by atoms with Gasteiger partial charge in [-0.3, -0.25) is 9.59 Å². The average molecular weight is 263 g/mol. The third kappa shape index (κ3) is 5.09. The lowest BCUT2D eigenvalue weighted by Gasteiger charge is -2.25. The lowest BCUT2D eigenvalue weighted by atomic mass is 10.1. The highest BCUT2D eigenvalue weighted by Gasteiger charge is 2.22. The predicted molar refractivity (Wildman–Crippen MR) is 73.9 cm³/mol. The third-order valence-electron chi connectivity index (χ3n) is 2.76. The van der Waals surface area contributed by atoms with Crippen molar-refractivity contribution in [1.29, 1.82) is 0 Å². The van der Waals surface area contributed by atoms with Gasteiger partial charge >= 0.3 is 0 Å². The molecule has 5 nitrogen and oxygen atoms in total. The van der Waals surface area contributed by atoms with Crippen LogP contribution in [0.25, 0.3) is 0 Å². The van der Waals surface area contributed by atoms with Crippen LogP contribution in [0, 0.1) is 0 Å². The van der Waals surface area contributed by atoms with Gasteiger partial charge in [-0.05, 0) is 12.0 Å². The topological polar surface area (TPSA) is 89.4 Å². The molecule has 1 aromatic carbocycles. The Labute approximate surface area is 113 Å². The van der Waals surface area contributed by atoms with Crippen molar-refractivity contribution in [3.63, 3.8) is 0 Å². The molecule has 4 N–H and O–H groups in total. The molecule has 0 saturated carbocycles. The van der Waals surface area contributed by atoms with Crippen molar-refractivity contribution in [2.75, 3.05) is 6.54 Å². The summed E-state index contributed by atoms with van der Waals surface area (Å²) in [7, 11) is 0. The smallest absolute Gasteiger partial charge is 0.240 e. The standard InChI is InChI=1S/C14H21N3O2/c1-2-8-17(10-11-6-4-3-5-7-11)14(19)12(15)9-13(16)18/h3-7,12H,2,8-10,15H2,1H3,(H2,16,18). The summed E-state index contributed by atoms with van der Waals surface area (Å²) in [5.41, 5.74) is 11.8. The van der Waals surface area contributed by atoms with Gasteiger partial charge in [-0.1, -0.05) is 37.3 Å². The molecular formula is C14H21N3O2. The van der Waals surface area contributed by atoms with Gasteiger partial charge in [0.15, 0.2) is 0 Å². The van der Waals surface area contributed by atoms with Crippen LogP contribution in [0.1, 0.15) is 25.3 Å². The molecule has 5 heteroatoms. The highest BCUT2D eigenvalue weighted by Crippen LogP contribution is 2.07. The number of nitrogens with two attached hydrogens (primary N) is 2. The van der Waals surface area contributed by atoms with E-state index >= 15 is 0 Å². The van der Waals surface area contributed by atoms with Crippen molar-refractivity contribution in [3.8, 4) is 0 Å². The van der Waals surface area contributed by atoms with Crippen molar-refractivity contribution in [2.24, 2.45) is 11.5 Å². The lowest BCUT2D eigenvalue weighted by molar-refractivity contribution is -0.135. The summed E-state index contributed by atoms with van der Waals surface area (Å²) >= 11 is 0. The van der Waals surface area contributed by atoms with Crippen LogP contribution in [0.15, 0.2) is 30.3 Å². The van der Waals surface area contributed by atoms with Crippen LogP contribution in [0.5, 0.6) is 0 Å². The Kier molecular flexibility index (Phi) is 6.02. The summed E-state index contributed by atoms with van der Waals surface area (Å²) < 4.78 is 0. The van der Waals surface area contributed by atoms with Gasteiger partial charge in [0.25, 0.3) is 0 Å². The highest BCUT2D eigenvalue weighted by atomic mass is 16.2. The SMILES string of the molecule is CCCN(Cc1ccccc1)C(=O)C(N)CC(N)=O. The van der Waals surface area contributed by atoms with Crippen LogP contribution in [-0.4, -0.2) is 29.3 Å². The van der Waals surface area contributed by atoms with E-state index in [9.17, 15) is 9.59 Å². The van der Waals surface area contributed by atoms with E-state index in [-0.39, 0.29) is 12.3 Å². The molecule has 0 saturated heterocycles. The van der Waals surface area contributed by atoms with Crippen molar-refractivity contribution in [2.45, 2.75) is 32.4 Å². The molecule has 1 rings (SSSR count). The molecule has 19 heavy (non-hydrogen) atoms. The Morgan fingerprint density at radius 1 is 1.26 bits per heavy atom. The number of hydrogen-bond acceptors (Lipinski definition) is 3. The van der Waals surface area contributed by atoms with E-state index in [4.69, 9.17) is 11.5 Å². The van der Waals surface area contributed by atoms with Crippen molar-refractivity contribution >= 4 is 11.8 Å². The second-order valence-electron chi connectivity index (χ2n) is 4.52. The number of nitrogens with zero attached hydrogens (tertiary/aromatic N) is 1. The van der Waals surface area contributed by atoms with Gasteiger partial charge in [-0.25, -0.2) is 0 Å². The van der Waals surface area contributed by atoms with Gasteiger partial charge in [0.2, 0.25) is 11.8 Å². The quantitative estimate of drug-likeness (QED) is 0.756. The fourth-order valence-corrected chi connectivity index (χ4v) is 1.88. The van der Waals surface area contributed by atoms with Gasteiger partial charge in [0.1, 0.15) is 0 Å². The largest absolute Gasteiger partial charge is 0.370 e. The second-order valence-corrected chi connectivity index (χ2v) is 4.52. The number of carbonyl (C=O) groups excluding carboxylic acids is 2. The molecule has 0 aliphatic rings. The first-order valence-electron chi connectivity index (χ1n) is 6.41. The molecule has 0 aliphatic heterocycles. The number of primary amides is 1. The molecule has 0 aromatic heterocycles. The maximum absolute atomic E-state index is 12.2. The number of benzene rings is 1. The Balaban J connectivity index is 2.71. The summed E-state index contributed by atoms with van der Waals surface area (Å²) in [6.45, 7) is 3.10. The number of amides is 2. The monoisotopic (exact) mass is 263 g/mol. The zero-order chi connectivity index (χ0) is 14.3. The minimum Gasteiger partial charge on any atom is -0.370 e. The zero-order valence-corrected chi connectivity index (χ0v) is 11.2. The summed E-state index contributed by atoms with van der Waals surface area (Å²) in [4.78, 5) is 24.7. The summed E-state index contributed by atoms with van der Waals surface area (Å²) in [6, 6.07) is 8.83. The maximum atomic E-state index is 12.2. The lowest BCUT2D eigenvalue weighted by Crippen LogP contribution is -2.45. The number of hydrogen-bond donors (Lipinski definition) is 2. The van der Waals surface area contributed by atoms with Crippen molar-refractivity contribution < 1.29 is 9.59 Å². The van der Waals surface area contributed by atoms with E-state index < -0.39 is 11.9 Å². The molecule has 1 unspecified atom stereocenters. The molecule has 0 fully saturated rings. The number of rotatable bonds is 7. The molecule has 0 radical (unpaired) electrons.